The van der Waals surface area contributed by atoms with Crippen molar-refractivity contribution in [2.75, 3.05) is 0 Å². The summed E-state index contributed by atoms with van der Waals surface area (Å²) in [6.07, 6.45) is 2.74. The molecule has 2 unspecified atom stereocenters. The van der Waals surface area contributed by atoms with E-state index in [1.54, 1.807) is 12.2 Å². The highest BCUT2D eigenvalue weighted by Crippen LogP contribution is 2.32. The molecule has 74 valence electrons. The van der Waals surface area contributed by atoms with Crippen LogP contribution in [-0.2, 0) is 0 Å². The second kappa shape index (κ2) is 3.17. The van der Waals surface area contributed by atoms with Crippen LogP contribution in [0.3, 0.4) is 0 Å². The van der Waals surface area contributed by atoms with E-state index >= 15 is 0 Å². The molecule has 0 aliphatic heterocycles. The smallest absolute Gasteiger partial charge is 0.159 e. The first-order chi connectivity index (χ1) is 6.59. The lowest BCUT2D eigenvalue weighted by molar-refractivity contribution is 0.137. The van der Waals surface area contributed by atoms with E-state index in [0.29, 0.717) is 11.1 Å². The lowest BCUT2D eigenvalue weighted by Crippen LogP contribution is -2.12. The molecule has 1 aromatic rings. The summed E-state index contributed by atoms with van der Waals surface area (Å²) in [6, 6.07) is 2.17. The predicted octanol–water partition coefficient (Wildman–Crippen LogP) is 2.66. The van der Waals surface area contributed by atoms with Gasteiger partial charge in [0.2, 0.25) is 0 Å². The number of fused-ring (bicyclic) bond motifs is 1. The van der Waals surface area contributed by atoms with E-state index in [9.17, 15) is 13.9 Å². The fraction of sp³-hybridized carbons (Fsp3) is 0.273. The van der Waals surface area contributed by atoms with Crippen LogP contribution in [0.25, 0.3) is 6.08 Å². The molecular weight excluding hydrogens is 186 g/mol. The molecule has 1 nitrogen and oxygen atoms in total. The normalized spacial score (nSPS) is 24.9. The van der Waals surface area contributed by atoms with Crippen molar-refractivity contribution in [1.29, 1.82) is 0 Å². The molecule has 0 aromatic heterocycles. The maximum Gasteiger partial charge on any atom is 0.159 e. The van der Waals surface area contributed by atoms with Crippen LogP contribution in [0.1, 0.15) is 24.2 Å². The zero-order valence-corrected chi connectivity index (χ0v) is 7.67. The van der Waals surface area contributed by atoms with E-state index in [1.165, 1.54) is 0 Å². The number of rotatable bonds is 0. The Morgan fingerprint density at radius 2 is 1.86 bits per heavy atom. The third kappa shape index (κ3) is 1.34. The molecule has 0 heterocycles. The van der Waals surface area contributed by atoms with Gasteiger partial charge in [-0.15, -0.1) is 0 Å². The van der Waals surface area contributed by atoms with Crippen molar-refractivity contribution < 1.29 is 13.9 Å². The van der Waals surface area contributed by atoms with Crippen LogP contribution in [-0.4, -0.2) is 5.11 Å². The fourth-order valence-corrected chi connectivity index (χ4v) is 1.62. The molecule has 14 heavy (non-hydrogen) atoms. The monoisotopic (exact) mass is 196 g/mol. The zero-order valence-electron chi connectivity index (χ0n) is 7.67. The lowest BCUT2D eigenvalue weighted by Gasteiger charge is -2.22. The third-order valence-electron chi connectivity index (χ3n) is 2.52. The van der Waals surface area contributed by atoms with Crippen molar-refractivity contribution in [3.05, 3.63) is 41.0 Å². The maximum absolute atomic E-state index is 12.9. The standard InChI is InChI=1S/C11H10F2O/c1-6-2-3-7-4-9(12)10(13)5-8(7)11(6)14/h2-6,11,14H,1H3. The lowest BCUT2D eigenvalue weighted by atomic mass is 9.88. The van der Waals surface area contributed by atoms with Gasteiger partial charge >= 0.3 is 0 Å². The Morgan fingerprint density at radius 1 is 1.21 bits per heavy atom. The van der Waals surface area contributed by atoms with Crippen molar-refractivity contribution >= 4 is 6.08 Å². The summed E-state index contributed by atoms with van der Waals surface area (Å²) in [5, 5.41) is 9.70. The minimum atomic E-state index is -0.912. The SMILES string of the molecule is CC1C=Cc2cc(F)c(F)cc2C1O. The van der Waals surface area contributed by atoms with E-state index in [1.807, 2.05) is 6.92 Å². The van der Waals surface area contributed by atoms with Crippen LogP contribution in [0.2, 0.25) is 0 Å². The summed E-state index contributed by atoms with van der Waals surface area (Å²) in [6.45, 7) is 1.82. The average molecular weight is 196 g/mol. The van der Waals surface area contributed by atoms with Crippen LogP contribution in [0.5, 0.6) is 0 Å². The Balaban J connectivity index is 2.58. The Hall–Kier alpha value is -1.22. The number of hydrogen-bond acceptors (Lipinski definition) is 1. The molecule has 1 aliphatic rings. The molecule has 0 radical (unpaired) electrons. The highest BCUT2D eigenvalue weighted by molar-refractivity contribution is 5.57. The van der Waals surface area contributed by atoms with Crippen LogP contribution in [0.15, 0.2) is 18.2 Å². The first-order valence-electron chi connectivity index (χ1n) is 4.45. The van der Waals surface area contributed by atoms with Crippen molar-refractivity contribution in [3.8, 4) is 0 Å². The molecule has 0 saturated heterocycles. The van der Waals surface area contributed by atoms with Crippen LogP contribution in [0, 0.1) is 17.6 Å². The Kier molecular flexibility index (Phi) is 2.11. The number of aliphatic hydroxyl groups excluding tert-OH is 1. The summed E-state index contributed by atoms with van der Waals surface area (Å²) < 4.78 is 25.7. The van der Waals surface area contributed by atoms with Gasteiger partial charge in [0, 0.05) is 5.92 Å². The second-order valence-electron chi connectivity index (χ2n) is 3.56. The number of halogens is 2. The third-order valence-corrected chi connectivity index (χ3v) is 2.52. The van der Waals surface area contributed by atoms with Gasteiger partial charge in [0.15, 0.2) is 11.6 Å². The Bertz CT molecular complexity index is 399. The van der Waals surface area contributed by atoms with Gasteiger partial charge < -0.3 is 5.11 Å². The summed E-state index contributed by atoms with van der Waals surface area (Å²) in [5.74, 6) is -1.85. The second-order valence-corrected chi connectivity index (χ2v) is 3.56. The quantitative estimate of drug-likeness (QED) is 0.676. The van der Waals surface area contributed by atoms with E-state index in [-0.39, 0.29) is 5.92 Å². The summed E-state index contributed by atoms with van der Waals surface area (Å²) in [7, 11) is 0. The molecule has 0 amide bonds. The van der Waals surface area contributed by atoms with Gasteiger partial charge in [-0.1, -0.05) is 19.1 Å². The highest BCUT2D eigenvalue weighted by atomic mass is 19.2. The fourth-order valence-electron chi connectivity index (χ4n) is 1.62. The molecule has 1 N–H and O–H groups in total. The minimum Gasteiger partial charge on any atom is -0.388 e. The summed E-state index contributed by atoms with van der Waals surface area (Å²) in [5.41, 5.74) is 1.01. The van der Waals surface area contributed by atoms with Gasteiger partial charge in [0.05, 0.1) is 6.10 Å². The molecule has 3 heteroatoms. The largest absolute Gasteiger partial charge is 0.388 e. The van der Waals surface area contributed by atoms with E-state index in [4.69, 9.17) is 0 Å². The molecule has 2 atom stereocenters. The van der Waals surface area contributed by atoms with Crippen LogP contribution >= 0.6 is 0 Å². The van der Waals surface area contributed by atoms with Crippen LogP contribution < -0.4 is 0 Å². The molecular formula is C11H10F2O. The molecule has 0 saturated carbocycles. The van der Waals surface area contributed by atoms with Gasteiger partial charge in [-0.3, -0.25) is 0 Å². The van der Waals surface area contributed by atoms with Crippen molar-refractivity contribution in [3.63, 3.8) is 0 Å². The predicted molar refractivity (Wildman–Crippen MR) is 49.5 cm³/mol. The molecule has 0 fully saturated rings. The molecule has 0 bridgehead atoms. The van der Waals surface area contributed by atoms with Gasteiger partial charge in [-0.05, 0) is 23.3 Å². The molecule has 1 aromatic carbocycles. The van der Waals surface area contributed by atoms with Crippen molar-refractivity contribution in [1.82, 2.24) is 0 Å². The van der Waals surface area contributed by atoms with E-state index in [0.717, 1.165) is 12.1 Å². The van der Waals surface area contributed by atoms with Crippen LogP contribution in [0.4, 0.5) is 8.78 Å². The summed E-state index contributed by atoms with van der Waals surface area (Å²) in [4.78, 5) is 0. The topological polar surface area (TPSA) is 20.2 Å². The first kappa shape index (κ1) is 9.34. The van der Waals surface area contributed by atoms with Gasteiger partial charge in [-0.25, -0.2) is 8.78 Å². The number of aliphatic hydroxyl groups is 1. The Labute approximate surface area is 80.7 Å². The van der Waals surface area contributed by atoms with Crippen molar-refractivity contribution in [2.24, 2.45) is 5.92 Å². The van der Waals surface area contributed by atoms with Gasteiger partial charge in [-0.2, -0.15) is 0 Å². The van der Waals surface area contributed by atoms with E-state index < -0.39 is 17.7 Å². The Morgan fingerprint density at radius 3 is 2.57 bits per heavy atom. The molecule has 2 rings (SSSR count). The van der Waals surface area contributed by atoms with Gasteiger partial charge in [0.25, 0.3) is 0 Å². The highest BCUT2D eigenvalue weighted by Gasteiger charge is 2.22. The average Bonchev–Trinajstić information content (AvgIpc) is 2.15. The van der Waals surface area contributed by atoms with Crippen molar-refractivity contribution in [2.45, 2.75) is 13.0 Å². The van der Waals surface area contributed by atoms with Gasteiger partial charge in [0.1, 0.15) is 0 Å². The molecule has 1 aliphatic carbocycles. The van der Waals surface area contributed by atoms with E-state index in [2.05, 4.69) is 0 Å². The minimum absolute atomic E-state index is 0.0626. The summed E-state index contributed by atoms with van der Waals surface area (Å²) >= 11 is 0. The number of hydrogen-bond donors (Lipinski definition) is 1. The zero-order chi connectivity index (χ0) is 10.3. The first-order valence-corrected chi connectivity index (χ1v) is 4.45. The molecule has 0 spiro atoms. The number of benzene rings is 1. The maximum atomic E-state index is 12.9.